The highest BCUT2D eigenvalue weighted by Gasteiger charge is 2.25. The van der Waals surface area contributed by atoms with Gasteiger partial charge in [0, 0.05) is 30.8 Å². The smallest absolute Gasteiger partial charge is 0.253 e. The van der Waals surface area contributed by atoms with Gasteiger partial charge in [0.1, 0.15) is 17.6 Å². The first-order valence-electron chi connectivity index (χ1n) is 12.2. The topological polar surface area (TPSA) is 114 Å². The minimum Gasteiger partial charge on any atom is -0.441 e. The van der Waals surface area contributed by atoms with Gasteiger partial charge in [-0.1, -0.05) is 18.2 Å². The molecule has 2 aliphatic heterocycles. The molecule has 0 bridgehead atoms. The Labute approximate surface area is 208 Å². The summed E-state index contributed by atoms with van der Waals surface area (Å²) in [5, 5.41) is 5.80. The molecule has 9 heteroatoms. The van der Waals surface area contributed by atoms with Gasteiger partial charge in [-0.2, -0.15) is 0 Å². The Kier molecular flexibility index (Phi) is 6.81. The molecule has 0 aliphatic carbocycles. The molecular weight excluding hydrogens is 460 g/mol. The molecule has 186 valence electrons. The van der Waals surface area contributed by atoms with Crippen LogP contribution in [0.25, 0.3) is 11.5 Å². The van der Waals surface area contributed by atoms with Crippen LogP contribution < -0.4 is 15.5 Å². The number of nitrogens with zero attached hydrogens (tertiary/aromatic N) is 2. The van der Waals surface area contributed by atoms with E-state index in [9.17, 15) is 14.4 Å². The quantitative estimate of drug-likeness (QED) is 0.523. The van der Waals surface area contributed by atoms with Gasteiger partial charge >= 0.3 is 0 Å². The zero-order valence-electron chi connectivity index (χ0n) is 20.1. The number of amides is 3. The normalized spacial score (nSPS) is 17.4. The van der Waals surface area contributed by atoms with Crippen molar-refractivity contribution in [2.24, 2.45) is 0 Å². The maximum Gasteiger partial charge on any atom is 0.253 e. The van der Waals surface area contributed by atoms with E-state index in [0.29, 0.717) is 60.2 Å². The number of aryl methyl sites for hydroxylation is 1. The SMILES string of the molecule is Cc1oc(-c2ccccc2NC(=O)C2CCCO2)nc1CNC(=O)c1cccc(N2CCCC2=O)c1. The second-order valence-corrected chi connectivity index (χ2v) is 8.94. The number of rotatable bonds is 7. The van der Waals surface area contributed by atoms with Crippen LogP contribution in [0, 0.1) is 6.92 Å². The van der Waals surface area contributed by atoms with Crippen LogP contribution in [0.1, 0.15) is 47.5 Å². The Morgan fingerprint density at radius 3 is 2.78 bits per heavy atom. The molecule has 1 atom stereocenters. The van der Waals surface area contributed by atoms with Crippen LogP contribution in [0.4, 0.5) is 11.4 Å². The molecule has 3 aromatic rings. The number of oxazole rings is 1. The highest BCUT2D eigenvalue weighted by Crippen LogP contribution is 2.30. The summed E-state index contributed by atoms with van der Waals surface area (Å²) in [4.78, 5) is 43.7. The van der Waals surface area contributed by atoms with Crippen LogP contribution in [0.15, 0.2) is 52.9 Å². The summed E-state index contributed by atoms with van der Waals surface area (Å²) in [5.41, 5.74) is 3.02. The number of hydrogen-bond acceptors (Lipinski definition) is 6. The van der Waals surface area contributed by atoms with Crippen molar-refractivity contribution in [3.05, 3.63) is 65.5 Å². The Morgan fingerprint density at radius 2 is 2.00 bits per heavy atom. The van der Waals surface area contributed by atoms with Crippen molar-refractivity contribution in [2.45, 2.75) is 45.3 Å². The van der Waals surface area contributed by atoms with Gasteiger partial charge in [0.25, 0.3) is 11.8 Å². The maximum atomic E-state index is 12.8. The highest BCUT2D eigenvalue weighted by atomic mass is 16.5. The van der Waals surface area contributed by atoms with Gasteiger partial charge in [0.15, 0.2) is 0 Å². The Bertz CT molecular complexity index is 1290. The molecule has 0 spiro atoms. The van der Waals surface area contributed by atoms with Crippen molar-refractivity contribution in [3.63, 3.8) is 0 Å². The first-order chi connectivity index (χ1) is 17.5. The number of carbonyl (C=O) groups excluding carboxylic acids is 3. The standard InChI is InChI=1S/C27H28N4O5/c1-17-22(16-28-25(33)18-7-4-8-19(15-18)31-13-5-12-24(31)32)30-27(36-17)20-9-2-3-10-21(20)29-26(34)23-11-6-14-35-23/h2-4,7-10,15,23H,5-6,11-14,16H2,1H3,(H,28,33)(H,29,34). The molecule has 1 aromatic heterocycles. The van der Waals surface area contributed by atoms with Gasteiger partial charge in [-0.15, -0.1) is 0 Å². The summed E-state index contributed by atoms with van der Waals surface area (Å²) >= 11 is 0. The molecule has 2 saturated heterocycles. The fourth-order valence-electron chi connectivity index (χ4n) is 4.49. The number of benzene rings is 2. The van der Waals surface area contributed by atoms with Crippen molar-refractivity contribution in [2.75, 3.05) is 23.4 Å². The molecule has 36 heavy (non-hydrogen) atoms. The van der Waals surface area contributed by atoms with Gasteiger partial charge in [-0.3, -0.25) is 14.4 Å². The predicted molar refractivity (Wildman–Crippen MR) is 133 cm³/mol. The molecule has 2 aromatic carbocycles. The highest BCUT2D eigenvalue weighted by molar-refractivity contribution is 5.99. The fourth-order valence-corrected chi connectivity index (χ4v) is 4.49. The molecule has 0 radical (unpaired) electrons. The van der Waals surface area contributed by atoms with E-state index in [1.54, 1.807) is 36.1 Å². The molecule has 5 rings (SSSR count). The first kappa shape index (κ1) is 23.7. The number of ether oxygens (including phenoxy) is 1. The molecule has 2 fully saturated rings. The van der Waals surface area contributed by atoms with Crippen LogP contribution in [0.2, 0.25) is 0 Å². The number of hydrogen-bond donors (Lipinski definition) is 2. The van der Waals surface area contributed by atoms with E-state index in [1.807, 2.05) is 24.3 Å². The molecule has 1 unspecified atom stereocenters. The van der Waals surface area contributed by atoms with Crippen molar-refractivity contribution < 1.29 is 23.5 Å². The third-order valence-electron chi connectivity index (χ3n) is 6.44. The van der Waals surface area contributed by atoms with E-state index in [0.717, 1.165) is 18.5 Å². The molecular formula is C27H28N4O5. The summed E-state index contributed by atoms with van der Waals surface area (Å²) in [7, 11) is 0. The second kappa shape index (κ2) is 10.3. The first-order valence-corrected chi connectivity index (χ1v) is 12.2. The lowest BCUT2D eigenvalue weighted by atomic mass is 10.1. The summed E-state index contributed by atoms with van der Waals surface area (Å²) in [5.74, 6) is 0.548. The lowest BCUT2D eigenvalue weighted by molar-refractivity contribution is -0.124. The Morgan fingerprint density at radius 1 is 1.14 bits per heavy atom. The predicted octanol–water partition coefficient (Wildman–Crippen LogP) is 3.82. The van der Waals surface area contributed by atoms with Crippen LogP contribution >= 0.6 is 0 Å². The fraction of sp³-hybridized carbons (Fsp3) is 0.333. The molecule has 2 aliphatic rings. The van der Waals surface area contributed by atoms with Crippen LogP contribution in [-0.2, 0) is 20.9 Å². The van der Waals surface area contributed by atoms with Crippen LogP contribution in [0.5, 0.6) is 0 Å². The van der Waals surface area contributed by atoms with Gasteiger partial charge < -0.3 is 24.7 Å². The van der Waals surface area contributed by atoms with Crippen LogP contribution in [0.3, 0.4) is 0 Å². The second-order valence-electron chi connectivity index (χ2n) is 8.94. The lowest BCUT2D eigenvalue weighted by Gasteiger charge is -2.16. The van der Waals surface area contributed by atoms with E-state index in [4.69, 9.17) is 9.15 Å². The number of nitrogens with one attached hydrogen (secondary N) is 2. The maximum absolute atomic E-state index is 12.8. The van der Waals surface area contributed by atoms with Gasteiger partial charge in [-0.25, -0.2) is 4.98 Å². The van der Waals surface area contributed by atoms with E-state index in [2.05, 4.69) is 15.6 Å². The molecule has 0 saturated carbocycles. The zero-order valence-corrected chi connectivity index (χ0v) is 20.1. The summed E-state index contributed by atoms with van der Waals surface area (Å²) in [6.45, 7) is 3.21. The van der Waals surface area contributed by atoms with E-state index in [1.165, 1.54) is 0 Å². The number of carbonyl (C=O) groups is 3. The molecule has 3 heterocycles. The number of aromatic nitrogens is 1. The largest absolute Gasteiger partial charge is 0.441 e. The third-order valence-corrected chi connectivity index (χ3v) is 6.44. The van der Waals surface area contributed by atoms with E-state index in [-0.39, 0.29) is 24.3 Å². The minimum absolute atomic E-state index is 0.0746. The van der Waals surface area contributed by atoms with E-state index < -0.39 is 6.10 Å². The zero-order chi connectivity index (χ0) is 25.1. The van der Waals surface area contributed by atoms with Crippen LogP contribution in [-0.4, -0.2) is 42.0 Å². The Balaban J connectivity index is 1.27. The summed E-state index contributed by atoms with van der Waals surface area (Å²) in [6.07, 6.45) is 2.48. The summed E-state index contributed by atoms with van der Waals surface area (Å²) < 4.78 is 11.4. The van der Waals surface area contributed by atoms with Crippen molar-refractivity contribution >= 4 is 29.1 Å². The summed E-state index contributed by atoms with van der Waals surface area (Å²) in [6, 6.07) is 14.3. The number of para-hydroxylation sites is 1. The van der Waals surface area contributed by atoms with Crippen molar-refractivity contribution in [1.29, 1.82) is 0 Å². The minimum atomic E-state index is -0.447. The molecule has 3 amide bonds. The average Bonchev–Trinajstić information content (AvgIpc) is 3.65. The monoisotopic (exact) mass is 488 g/mol. The number of anilines is 2. The van der Waals surface area contributed by atoms with Gasteiger partial charge in [0.05, 0.1) is 17.8 Å². The average molecular weight is 489 g/mol. The Hall–Kier alpha value is -3.98. The van der Waals surface area contributed by atoms with Crippen molar-refractivity contribution in [3.8, 4) is 11.5 Å². The lowest BCUT2D eigenvalue weighted by Crippen LogP contribution is -2.27. The van der Waals surface area contributed by atoms with E-state index >= 15 is 0 Å². The molecule has 9 nitrogen and oxygen atoms in total. The van der Waals surface area contributed by atoms with Crippen molar-refractivity contribution in [1.82, 2.24) is 10.3 Å². The van der Waals surface area contributed by atoms with Gasteiger partial charge in [0.2, 0.25) is 11.8 Å². The third kappa shape index (κ3) is 5.01. The molecule has 2 N–H and O–H groups in total. The van der Waals surface area contributed by atoms with Gasteiger partial charge in [-0.05, 0) is 56.5 Å².